The van der Waals surface area contributed by atoms with Crippen LogP contribution in [-0.4, -0.2) is 53.4 Å². The molecule has 2 rings (SSSR count). The number of anilines is 1. The molecule has 1 fully saturated rings. The highest BCUT2D eigenvalue weighted by molar-refractivity contribution is 5.87. The molecule has 28 heavy (non-hydrogen) atoms. The van der Waals surface area contributed by atoms with Gasteiger partial charge in [-0.15, -0.1) is 0 Å². The monoisotopic (exact) mass is 395 g/mol. The van der Waals surface area contributed by atoms with Gasteiger partial charge in [-0.3, -0.25) is 14.2 Å². The fraction of sp³-hybridized carbons (Fsp3) is 0.471. The van der Waals surface area contributed by atoms with Crippen molar-refractivity contribution in [1.82, 2.24) is 9.55 Å². The van der Waals surface area contributed by atoms with Crippen molar-refractivity contribution in [2.24, 2.45) is 0 Å². The van der Waals surface area contributed by atoms with E-state index in [0.29, 0.717) is 0 Å². The lowest BCUT2D eigenvalue weighted by molar-refractivity contribution is -0.153. The molecular weight excluding hydrogens is 374 g/mol. The summed E-state index contributed by atoms with van der Waals surface area (Å²) in [6.45, 7) is 2.42. The van der Waals surface area contributed by atoms with E-state index in [4.69, 9.17) is 19.9 Å². The predicted molar refractivity (Wildman–Crippen MR) is 94.7 cm³/mol. The first kappa shape index (κ1) is 21.1. The SMILES string of the molecule is COC(=O)C=Cc1cn([C@@H]2O[C@H](COC(C)=O)C[C@H]2OC(C)=O)c(=O)nc1N. The summed E-state index contributed by atoms with van der Waals surface area (Å²) >= 11 is 0. The summed E-state index contributed by atoms with van der Waals surface area (Å²) in [6.07, 6.45) is 1.59. The van der Waals surface area contributed by atoms with Gasteiger partial charge in [0.15, 0.2) is 6.23 Å². The number of ether oxygens (including phenoxy) is 4. The topological polar surface area (TPSA) is 149 Å². The summed E-state index contributed by atoms with van der Waals surface area (Å²) < 4.78 is 21.5. The molecule has 152 valence electrons. The fourth-order valence-electron chi connectivity index (χ4n) is 2.63. The van der Waals surface area contributed by atoms with E-state index in [0.717, 1.165) is 10.6 Å². The largest absolute Gasteiger partial charge is 0.466 e. The molecule has 0 amide bonds. The average Bonchev–Trinajstić information content (AvgIpc) is 3.00. The van der Waals surface area contributed by atoms with E-state index in [9.17, 15) is 19.2 Å². The minimum atomic E-state index is -1.00. The molecule has 1 aliphatic rings. The van der Waals surface area contributed by atoms with E-state index in [1.165, 1.54) is 33.2 Å². The maximum atomic E-state index is 12.3. The van der Waals surface area contributed by atoms with Gasteiger partial charge in [0.1, 0.15) is 18.5 Å². The summed E-state index contributed by atoms with van der Waals surface area (Å²) in [7, 11) is 1.22. The van der Waals surface area contributed by atoms with Crippen molar-refractivity contribution in [3.63, 3.8) is 0 Å². The molecule has 0 aliphatic carbocycles. The van der Waals surface area contributed by atoms with Crippen LogP contribution in [0.1, 0.15) is 32.1 Å². The summed E-state index contributed by atoms with van der Waals surface area (Å²) in [5.41, 5.74) is 5.26. The lowest BCUT2D eigenvalue weighted by Crippen LogP contribution is -2.34. The molecule has 0 saturated carbocycles. The lowest BCUT2D eigenvalue weighted by atomic mass is 10.2. The van der Waals surface area contributed by atoms with E-state index in [-0.39, 0.29) is 24.4 Å². The minimum Gasteiger partial charge on any atom is -0.466 e. The second-order valence-corrected chi connectivity index (χ2v) is 5.96. The number of hydrogen-bond donors (Lipinski definition) is 1. The summed E-state index contributed by atoms with van der Waals surface area (Å²) in [5, 5.41) is 0. The third-order valence-electron chi connectivity index (χ3n) is 3.82. The second-order valence-electron chi connectivity index (χ2n) is 5.96. The van der Waals surface area contributed by atoms with E-state index < -0.39 is 42.0 Å². The van der Waals surface area contributed by atoms with Gasteiger partial charge in [0.05, 0.1) is 13.2 Å². The van der Waals surface area contributed by atoms with Crippen LogP contribution in [0.2, 0.25) is 0 Å². The molecular formula is C17H21N3O8. The van der Waals surface area contributed by atoms with Gasteiger partial charge in [0.2, 0.25) is 0 Å². The van der Waals surface area contributed by atoms with Crippen LogP contribution in [0.15, 0.2) is 17.1 Å². The molecule has 1 aliphatic heterocycles. The Bertz CT molecular complexity index is 847. The number of rotatable bonds is 6. The van der Waals surface area contributed by atoms with E-state index in [1.807, 2.05) is 0 Å². The molecule has 1 aromatic heterocycles. The molecule has 2 heterocycles. The fourth-order valence-corrected chi connectivity index (χ4v) is 2.63. The Morgan fingerprint density at radius 3 is 2.68 bits per heavy atom. The zero-order chi connectivity index (χ0) is 20.8. The Labute approximate surface area is 160 Å². The van der Waals surface area contributed by atoms with Gasteiger partial charge < -0.3 is 24.7 Å². The first-order valence-corrected chi connectivity index (χ1v) is 8.32. The average molecular weight is 395 g/mol. The first-order chi connectivity index (χ1) is 13.2. The molecule has 11 heteroatoms. The molecule has 0 bridgehead atoms. The smallest absolute Gasteiger partial charge is 0.351 e. The number of nitrogens with zero attached hydrogens (tertiary/aromatic N) is 2. The number of nitrogens with two attached hydrogens (primary N) is 1. The Morgan fingerprint density at radius 1 is 1.36 bits per heavy atom. The van der Waals surface area contributed by atoms with Crippen LogP contribution >= 0.6 is 0 Å². The number of carbonyl (C=O) groups excluding carboxylic acids is 3. The van der Waals surface area contributed by atoms with Crippen LogP contribution in [0.25, 0.3) is 6.08 Å². The molecule has 0 aromatic carbocycles. The highest BCUT2D eigenvalue weighted by Crippen LogP contribution is 2.31. The van der Waals surface area contributed by atoms with E-state index >= 15 is 0 Å². The summed E-state index contributed by atoms with van der Waals surface area (Å²) in [4.78, 5) is 49.8. The van der Waals surface area contributed by atoms with Gasteiger partial charge in [-0.25, -0.2) is 9.59 Å². The van der Waals surface area contributed by atoms with Gasteiger partial charge >= 0.3 is 23.6 Å². The van der Waals surface area contributed by atoms with Crippen LogP contribution in [0.4, 0.5) is 5.82 Å². The second kappa shape index (κ2) is 9.13. The maximum Gasteiger partial charge on any atom is 0.351 e. The van der Waals surface area contributed by atoms with E-state index in [1.54, 1.807) is 0 Å². The molecule has 2 N–H and O–H groups in total. The van der Waals surface area contributed by atoms with Crippen molar-refractivity contribution in [2.75, 3.05) is 19.5 Å². The first-order valence-electron chi connectivity index (χ1n) is 8.32. The number of esters is 3. The van der Waals surface area contributed by atoms with Crippen molar-refractivity contribution in [3.05, 3.63) is 28.3 Å². The Morgan fingerprint density at radius 2 is 2.07 bits per heavy atom. The minimum absolute atomic E-state index is 0.0597. The number of hydrogen-bond acceptors (Lipinski definition) is 10. The molecule has 1 saturated heterocycles. The van der Waals surface area contributed by atoms with Gasteiger partial charge in [-0.2, -0.15) is 4.98 Å². The van der Waals surface area contributed by atoms with Crippen molar-refractivity contribution in [2.45, 2.75) is 38.7 Å². The summed E-state index contributed by atoms with van der Waals surface area (Å²) in [6, 6.07) is 0. The van der Waals surface area contributed by atoms with Crippen molar-refractivity contribution in [1.29, 1.82) is 0 Å². The van der Waals surface area contributed by atoms with Crippen molar-refractivity contribution in [3.8, 4) is 0 Å². The molecule has 0 spiro atoms. The van der Waals surface area contributed by atoms with Gasteiger partial charge in [0.25, 0.3) is 0 Å². The predicted octanol–water partition coefficient (Wildman–Crippen LogP) is -0.206. The zero-order valence-electron chi connectivity index (χ0n) is 15.6. The third kappa shape index (κ3) is 5.39. The highest BCUT2D eigenvalue weighted by atomic mass is 16.6. The van der Waals surface area contributed by atoms with Gasteiger partial charge in [-0.05, 0) is 6.08 Å². The number of nitrogen functional groups attached to an aromatic ring is 1. The van der Waals surface area contributed by atoms with Crippen molar-refractivity contribution >= 4 is 29.8 Å². The van der Waals surface area contributed by atoms with E-state index in [2.05, 4.69) is 9.72 Å². The molecule has 11 nitrogen and oxygen atoms in total. The van der Waals surface area contributed by atoms with Crippen LogP contribution in [0, 0.1) is 0 Å². The van der Waals surface area contributed by atoms with Crippen LogP contribution in [0.5, 0.6) is 0 Å². The Balaban J connectivity index is 2.34. The van der Waals surface area contributed by atoms with Crippen molar-refractivity contribution < 1.29 is 33.3 Å². The Kier molecular flexibility index (Phi) is 6.88. The summed E-state index contributed by atoms with van der Waals surface area (Å²) in [5.74, 6) is -1.76. The lowest BCUT2D eigenvalue weighted by Gasteiger charge is -2.21. The highest BCUT2D eigenvalue weighted by Gasteiger charge is 2.40. The van der Waals surface area contributed by atoms with Crippen LogP contribution in [-0.2, 0) is 33.3 Å². The van der Waals surface area contributed by atoms with Crippen LogP contribution < -0.4 is 11.4 Å². The number of carbonyl (C=O) groups is 3. The van der Waals surface area contributed by atoms with Gasteiger partial charge in [-0.1, -0.05) is 0 Å². The Hall–Kier alpha value is -3.21. The molecule has 3 atom stereocenters. The standard InChI is InChI=1S/C17H21N3O8/c1-9(21)26-8-12-6-13(27-10(2)22)16(28-12)20-7-11(4-5-14(23)25-3)15(18)19-17(20)24/h4-5,7,12-13,16H,6,8H2,1-3H3,(H2,18,19,24)/t12-,13+,16+/m0/s1. The maximum absolute atomic E-state index is 12.3. The normalized spacial score (nSPS) is 21.5. The molecule has 1 aromatic rings. The molecule has 0 unspecified atom stereocenters. The third-order valence-corrected chi connectivity index (χ3v) is 3.82. The zero-order valence-corrected chi connectivity index (χ0v) is 15.6. The number of aromatic nitrogens is 2. The quantitative estimate of drug-likeness (QED) is 0.389. The van der Waals surface area contributed by atoms with Gasteiger partial charge in [0, 0.05) is 38.1 Å². The number of methoxy groups -OCH3 is 1. The molecule has 0 radical (unpaired) electrons. The van der Waals surface area contributed by atoms with Crippen LogP contribution in [0.3, 0.4) is 0 Å².